The highest BCUT2D eigenvalue weighted by Gasteiger charge is 2.12. The summed E-state index contributed by atoms with van der Waals surface area (Å²) in [6, 6.07) is 7.79. The quantitative estimate of drug-likeness (QED) is 0.891. The molecule has 0 amide bonds. The molecule has 2 rings (SSSR count). The second-order valence-electron chi connectivity index (χ2n) is 4.38. The van der Waals surface area contributed by atoms with Crippen LogP contribution in [0.5, 0.6) is 0 Å². The average molecular weight is 263 g/mol. The third-order valence-electron chi connectivity index (χ3n) is 3.01. The van der Waals surface area contributed by atoms with E-state index in [0.717, 1.165) is 35.2 Å². The van der Waals surface area contributed by atoms with E-state index in [1.54, 1.807) is 6.07 Å². The number of unbranched alkanes of at least 4 members (excludes halogenated alkanes) is 1. The second kappa shape index (κ2) is 5.40. The molecular weight excluding hydrogens is 246 g/mol. The Morgan fingerprint density at radius 2 is 2.22 bits per heavy atom. The van der Waals surface area contributed by atoms with E-state index in [4.69, 9.17) is 5.11 Å². The van der Waals surface area contributed by atoms with Crippen LogP contribution in [-0.4, -0.2) is 24.7 Å². The summed E-state index contributed by atoms with van der Waals surface area (Å²) in [6.07, 6.45) is 2.30. The van der Waals surface area contributed by atoms with Crippen molar-refractivity contribution in [2.24, 2.45) is 0 Å². The Morgan fingerprint density at radius 1 is 1.44 bits per heavy atom. The number of carboxylic acid groups (broad SMARTS) is 1. The van der Waals surface area contributed by atoms with E-state index in [1.165, 1.54) is 11.3 Å². The molecule has 0 bridgehead atoms. The Bertz CT molecular complexity index is 562. The van der Waals surface area contributed by atoms with Crippen LogP contribution in [0.25, 0.3) is 10.1 Å². The van der Waals surface area contributed by atoms with Crippen LogP contribution in [-0.2, 0) is 0 Å². The van der Waals surface area contributed by atoms with E-state index < -0.39 is 5.97 Å². The number of thiophene rings is 1. The number of rotatable bonds is 5. The number of anilines is 1. The van der Waals surface area contributed by atoms with Crippen LogP contribution < -0.4 is 4.90 Å². The molecule has 1 N–H and O–H groups in total. The maximum atomic E-state index is 11.0. The molecule has 0 aliphatic rings. The van der Waals surface area contributed by atoms with Gasteiger partial charge >= 0.3 is 5.97 Å². The van der Waals surface area contributed by atoms with E-state index in [2.05, 4.69) is 24.9 Å². The lowest BCUT2D eigenvalue weighted by molar-refractivity contribution is 0.0702. The third kappa shape index (κ3) is 2.48. The molecule has 0 fully saturated rings. The number of carboxylic acids is 1. The van der Waals surface area contributed by atoms with Gasteiger partial charge in [-0.05, 0) is 24.6 Å². The molecule has 1 aromatic carbocycles. The monoisotopic (exact) mass is 263 g/mol. The molecule has 4 heteroatoms. The molecule has 0 spiro atoms. The number of nitrogens with zero attached hydrogens (tertiary/aromatic N) is 1. The first-order chi connectivity index (χ1) is 8.63. The number of fused-ring (bicyclic) bond motifs is 1. The first-order valence-electron chi connectivity index (χ1n) is 6.10. The highest BCUT2D eigenvalue weighted by Crippen LogP contribution is 2.33. The molecule has 3 nitrogen and oxygen atoms in total. The van der Waals surface area contributed by atoms with E-state index in [9.17, 15) is 4.79 Å². The van der Waals surface area contributed by atoms with Gasteiger partial charge in [0.15, 0.2) is 0 Å². The topological polar surface area (TPSA) is 40.5 Å². The summed E-state index contributed by atoms with van der Waals surface area (Å²) >= 11 is 1.33. The Kier molecular flexibility index (Phi) is 3.87. The lowest BCUT2D eigenvalue weighted by Crippen LogP contribution is -2.18. The van der Waals surface area contributed by atoms with E-state index in [-0.39, 0.29) is 0 Å². The molecule has 18 heavy (non-hydrogen) atoms. The number of carbonyl (C=O) groups is 1. The van der Waals surface area contributed by atoms with Crippen molar-refractivity contribution < 1.29 is 9.90 Å². The molecular formula is C14H17NO2S. The number of benzene rings is 1. The molecule has 0 saturated heterocycles. The highest BCUT2D eigenvalue weighted by atomic mass is 32.1. The van der Waals surface area contributed by atoms with Crippen LogP contribution in [0.15, 0.2) is 24.3 Å². The first-order valence-corrected chi connectivity index (χ1v) is 6.92. The maximum absolute atomic E-state index is 11.0. The zero-order valence-corrected chi connectivity index (χ0v) is 11.5. The van der Waals surface area contributed by atoms with Gasteiger partial charge in [-0.15, -0.1) is 11.3 Å². The van der Waals surface area contributed by atoms with E-state index in [0.29, 0.717) is 4.88 Å². The van der Waals surface area contributed by atoms with Gasteiger partial charge < -0.3 is 10.0 Å². The van der Waals surface area contributed by atoms with E-state index >= 15 is 0 Å². The van der Waals surface area contributed by atoms with Gasteiger partial charge in [-0.25, -0.2) is 4.79 Å². The molecule has 2 aromatic rings. The molecule has 0 unspecified atom stereocenters. The Labute approximate surface area is 111 Å². The fourth-order valence-electron chi connectivity index (χ4n) is 2.00. The molecule has 96 valence electrons. The predicted molar refractivity (Wildman–Crippen MR) is 77.0 cm³/mol. The number of hydrogen-bond acceptors (Lipinski definition) is 3. The van der Waals surface area contributed by atoms with Crippen molar-refractivity contribution in [3.63, 3.8) is 0 Å². The largest absolute Gasteiger partial charge is 0.477 e. The van der Waals surface area contributed by atoms with Crippen molar-refractivity contribution in [1.29, 1.82) is 0 Å². The lowest BCUT2D eigenvalue weighted by atomic mass is 10.2. The van der Waals surface area contributed by atoms with Gasteiger partial charge in [-0.2, -0.15) is 0 Å². The minimum Gasteiger partial charge on any atom is -0.477 e. The fraction of sp³-hybridized carbons (Fsp3) is 0.357. The zero-order valence-electron chi connectivity index (χ0n) is 10.6. The van der Waals surface area contributed by atoms with Gasteiger partial charge in [0.05, 0.1) is 0 Å². The molecule has 0 aliphatic heterocycles. The van der Waals surface area contributed by atoms with Gasteiger partial charge in [-0.1, -0.05) is 19.4 Å². The summed E-state index contributed by atoms with van der Waals surface area (Å²) in [5.74, 6) is -0.849. The smallest absolute Gasteiger partial charge is 0.345 e. The van der Waals surface area contributed by atoms with Crippen LogP contribution in [0.1, 0.15) is 29.4 Å². The Morgan fingerprint density at radius 3 is 2.89 bits per heavy atom. The third-order valence-corrected chi connectivity index (χ3v) is 4.10. The number of hydrogen-bond donors (Lipinski definition) is 1. The molecule has 0 saturated carbocycles. The van der Waals surface area contributed by atoms with Crippen LogP contribution in [0, 0.1) is 0 Å². The number of aromatic carboxylic acids is 1. The lowest BCUT2D eigenvalue weighted by Gasteiger charge is -2.19. The summed E-state index contributed by atoms with van der Waals surface area (Å²) in [5.41, 5.74) is 1.12. The van der Waals surface area contributed by atoms with E-state index in [1.807, 2.05) is 12.1 Å². The summed E-state index contributed by atoms with van der Waals surface area (Å²) in [7, 11) is 2.06. The zero-order chi connectivity index (χ0) is 13.1. The van der Waals surface area contributed by atoms with Crippen molar-refractivity contribution in [3.05, 3.63) is 29.1 Å². The van der Waals surface area contributed by atoms with Gasteiger partial charge in [0.2, 0.25) is 0 Å². The van der Waals surface area contributed by atoms with Crippen molar-refractivity contribution >= 4 is 33.1 Å². The van der Waals surface area contributed by atoms with Gasteiger partial charge in [0.25, 0.3) is 0 Å². The minimum absolute atomic E-state index is 0.404. The average Bonchev–Trinajstić information content (AvgIpc) is 2.79. The minimum atomic E-state index is -0.849. The Hall–Kier alpha value is -1.55. The van der Waals surface area contributed by atoms with Gasteiger partial charge in [0, 0.05) is 29.4 Å². The SMILES string of the molecule is CCCCN(C)c1cccc2sc(C(=O)O)cc12. The highest BCUT2D eigenvalue weighted by molar-refractivity contribution is 7.20. The summed E-state index contributed by atoms with van der Waals surface area (Å²) in [5, 5.41) is 10.1. The van der Waals surface area contributed by atoms with Crippen LogP contribution >= 0.6 is 11.3 Å². The van der Waals surface area contributed by atoms with Gasteiger partial charge in [0.1, 0.15) is 4.88 Å². The normalized spacial score (nSPS) is 10.8. The van der Waals surface area contributed by atoms with Crippen LogP contribution in [0.3, 0.4) is 0 Å². The fourth-order valence-corrected chi connectivity index (χ4v) is 2.92. The molecule has 0 atom stereocenters. The molecule has 1 heterocycles. The summed E-state index contributed by atoms with van der Waals surface area (Å²) in [4.78, 5) is 13.6. The van der Waals surface area contributed by atoms with Crippen molar-refractivity contribution in [2.75, 3.05) is 18.5 Å². The molecule has 1 aromatic heterocycles. The van der Waals surface area contributed by atoms with Crippen molar-refractivity contribution in [3.8, 4) is 0 Å². The van der Waals surface area contributed by atoms with Crippen LogP contribution in [0.4, 0.5) is 5.69 Å². The molecule has 0 radical (unpaired) electrons. The van der Waals surface area contributed by atoms with Crippen LogP contribution in [0.2, 0.25) is 0 Å². The summed E-state index contributed by atoms with van der Waals surface area (Å²) in [6.45, 7) is 3.16. The predicted octanol–water partition coefficient (Wildman–Crippen LogP) is 3.84. The van der Waals surface area contributed by atoms with Crippen molar-refractivity contribution in [1.82, 2.24) is 0 Å². The molecule has 0 aliphatic carbocycles. The Balaban J connectivity index is 2.41. The van der Waals surface area contributed by atoms with Gasteiger partial charge in [-0.3, -0.25) is 0 Å². The standard InChI is InChI=1S/C14H17NO2S/c1-3-4-8-15(2)11-6-5-7-12-10(11)9-13(18-12)14(16)17/h5-7,9H,3-4,8H2,1-2H3,(H,16,17). The summed E-state index contributed by atoms with van der Waals surface area (Å²) < 4.78 is 1.04. The maximum Gasteiger partial charge on any atom is 0.345 e. The first kappa shape index (κ1) is 12.9. The second-order valence-corrected chi connectivity index (χ2v) is 5.46. The van der Waals surface area contributed by atoms with Crippen molar-refractivity contribution in [2.45, 2.75) is 19.8 Å².